The van der Waals surface area contributed by atoms with Gasteiger partial charge < -0.3 is 24.1 Å². The van der Waals surface area contributed by atoms with Crippen molar-refractivity contribution in [3.8, 4) is 11.5 Å². The van der Waals surface area contributed by atoms with Crippen LogP contribution in [0.3, 0.4) is 0 Å². The number of aromatic nitrogens is 1. The van der Waals surface area contributed by atoms with E-state index in [9.17, 15) is 9.59 Å². The number of rotatable bonds is 8. The van der Waals surface area contributed by atoms with Crippen LogP contribution in [0.15, 0.2) is 40.2 Å². The van der Waals surface area contributed by atoms with E-state index in [2.05, 4.69) is 10.5 Å². The number of hydrogen-bond acceptors (Lipinski definition) is 8. The Morgan fingerprint density at radius 1 is 1.17 bits per heavy atom. The molecule has 29 heavy (non-hydrogen) atoms. The maximum atomic E-state index is 12.7. The lowest BCUT2D eigenvalue weighted by molar-refractivity contribution is -0.115. The Hall–Kier alpha value is -3.33. The highest BCUT2D eigenvalue weighted by molar-refractivity contribution is 7.10. The zero-order chi connectivity index (χ0) is 20.8. The van der Waals surface area contributed by atoms with Gasteiger partial charge in [-0.15, -0.1) is 11.3 Å². The van der Waals surface area contributed by atoms with Crippen LogP contribution in [0, 0.1) is 6.92 Å². The second-order valence-corrected chi connectivity index (χ2v) is 7.09. The molecule has 0 atom stereocenters. The standard InChI is InChI=1S/C20H20N2O6S/c1-12-7-13(22-28-12)11-27-20(24)15-9-17(25-2)18(26-3)10-16(15)21-19(23)8-14-5-4-6-29-14/h4-7,9-10H,8,11H2,1-3H3,(H,21,23). The third-order valence-electron chi connectivity index (χ3n) is 3.96. The molecule has 0 unspecified atom stereocenters. The maximum absolute atomic E-state index is 12.7. The van der Waals surface area contributed by atoms with Gasteiger partial charge in [-0.1, -0.05) is 11.2 Å². The fourth-order valence-corrected chi connectivity index (χ4v) is 3.32. The van der Waals surface area contributed by atoms with Gasteiger partial charge in [0.25, 0.3) is 0 Å². The molecule has 1 amide bonds. The Kier molecular flexibility index (Phi) is 6.50. The van der Waals surface area contributed by atoms with Gasteiger partial charge in [0, 0.05) is 23.1 Å². The number of ether oxygens (including phenoxy) is 3. The second-order valence-electron chi connectivity index (χ2n) is 6.06. The molecule has 0 bridgehead atoms. The molecule has 0 aliphatic carbocycles. The minimum atomic E-state index is -0.641. The number of thiophene rings is 1. The number of hydrogen-bond donors (Lipinski definition) is 1. The number of aryl methyl sites for hydroxylation is 1. The van der Waals surface area contributed by atoms with Crippen LogP contribution in [-0.2, 0) is 22.6 Å². The van der Waals surface area contributed by atoms with E-state index in [-0.39, 0.29) is 30.2 Å². The Morgan fingerprint density at radius 2 is 1.93 bits per heavy atom. The fourth-order valence-electron chi connectivity index (χ4n) is 2.62. The summed E-state index contributed by atoms with van der Waals surface area (Å²) in [5, 5.41) is 8.44. The van der Waals surface area contributed by atoms with E-state index < -0.39 is 5.97 Å². The summed E-state index contributed by atoms with van der Waals surface area (Å²) >= 11 is 1.48. The van der Waals surface area contributed by atoms with Gasteiger partial charge in [-0.2, -0.15) is 0 Å². The predicted octanol–water partition coefficient (Wildman–Crippen LogP) is 3.60. The number of carbonyl (C=O) groups is 2. The van der Waals surface area contributed by atoms with Gasteiger partial charge >= 0.3 is 5.97 Å². The molecule has 2 aromatic heterocycles. The molecule has 3 rings (SSSR count). The number of carbonyl (C=O) groups excluding carboxylic acids is 2. The van der Waals surface area contributed by atoms with E-state index in [1.54, 1.807) is 13.0 Å². The molecular weight excluding hydrogens is 396 g/mol. The lowest BCUT2D eigenvalue weighted by Gasteiger charge is -2.15. The first kappa shape index (κ1) is 20.4. The Balaban J connectivity index is 1.82. The van der Waals surface area contributed by atoms with Gasteiger partial charge in [0.05, 0.1) is 31.9 Å². The van der Waals surface area contributed by atoms with Crippen molar-refractivity contribution in [2.45, 2.75) is 20.0 Å². The van der Waals surface area contributed by atoms with Crippen molar-refractivity contribution >= 4 is 28.9 Å². The monoisotopic (exact) mass is 416 g/mol. The highest BCUT2D eigenvalue weighted by atomic mass is 32.1. The summed E-state index contributed by atoms with van der Waals surface area (Å²) in [7, 11) is 2.93. The number of anilines is 1. The van der Waals surface area contributed by atoms with Crippen molar-refractivity contribution in [1.82, 2.24) is 5.16 Å². The van der Waals surface area contributed by atoms with Crippen molar-refractivity contribution in [2.24, 2.45) is 0 Å². The molecule has 0 aliphatic rings. The minimum absolute atomic E-state index is 0.0624. The lowest BCUT2D eigenvalue weighted by atomic mass is 10.1. The number of methoxy groups -OCH3 is 2. The summed E-state index contributed by atoms with van der Waals surface area (Å²) in [4.78, 5) is 26.0. The largest absolute Gasteiger partial charge is 0.493 e. The van der Waals surface area contributed by atoms with Gasteiger partial charge in [0.15, 0.2) is 11.5 Å². The first-order valence-electron chi connectivity index (χ1n) is 8.67. The Labute approximate surface area is 171 Å². The highest BCUT2D eigenvalue weighted by Crippen LogP contribution is 2.34. The quantitative estimate of drug-likeness (QED) is 0.560. The van der Waals surface area contributed by atoms with E-state index in [0.717, 1.165) is 4.88 Å². The summed E-state index contributed by atoms with van der Waals surface area (Å²) in [6, 6.07) is 8.41. The Bertz CT molecular complexity index is 997. The highest BCUT2D eigenvalue weighted by Gasteiger charge is 2.20. The first-order chi connectivity index (χ1) is 14.0. The second kappa shape index (κ2) is 9.24. The fraction of sp³-hybridized carbons (Fsp3) is 0.250. The van der Waals surface area contributed by atoms with Crippen LogP contribution in [0.5, 0.6) is 11.5 Å². The first-order valence-corrected chi connectivity index (χ1v) is 9.55. The third-order valence-corrected chi connectivity index (χ3v) is 4.84. The van der Waals surface area contributed by atoms with E-state index in [1.165, 1.54) is 37.7 Å². The smallest absolute Gasteiger partial charge is 0.340 e. The average Bonchev–Trinajstić information content (AvgIpc) is 3.37. The van der Waals surface area contributed by atoms with Crippen LogP contribution in [-0.4, -0.2) is 31.3 Å². The normalized spacial score (nSPS) is 10.4. The summed E-state index contributed by atoms with van der Waals surface area (Å²) in [6.45, 7) is 1.68. The zero-order valence-electron chi connectivity index (χ0n) is 16.2. The van der Waals surface area contributed by atoms with Crippen molar-refractivity contribution in [2.75, 3.05) is 19.5 Å². The maximum Gasteiger partial charge on any atom is 0.340 e. The SMILES string of the molecule is COc1cc(NC(=O)Cc2cccs2)c(C(=O)OCc2cc(C)on2)cc1OC. The van der Waals surface area contributed by atoms with Crippen LogP contribution in [0.1, 0.15) is 26.7 Å². The van der Waals surface area contributed by atoms with Crippen LogP contribution in [0.4, 0.5) is 5.69 Å². The van der Waals surface area contributed by atoms with Crippen molar-refractivity contribution < 1.29 is 28.3 Å². The number of nitrogens with one attached hydrogen (secondary N) is 1. The molecule has 1 N–H and O–H groups in total. The van der Waals surface area contributed by atoms with E-state index in [4.69, 9.17) is 18.7 Å². The van der Waals surface area contributed by atoms with Crippen LogP contribution < -0.4 is 14.8 Å². The summed E-state index contributed by atoms with van der Waals surface area (Å²) in [5.74, 6) is 0.429. The van der Waals surface area contributed by atoms with Gasteiger partial charge in [-0.05, 0) is 18.4 Å². The Morgan fingerprint density at radius 3 is 2.55 bits per heavy atom. The van der Waals surface area contributed by atoms with Crippen LogP contribution >= 0.6 is 11.3 Å². The summed E-state index contributed by atoms with van der Waals surface area (Å²) < 4.78 is 20.8. The average molecular weight is 416 g/mol. The van der Waals surface area contributed by atoms with Crippen molar-refractivity contribution in [3.63, 3.8) is 0 Å². The van der Waals surface area contributed by atoms with Gasteiger partial charge in [-0.3, -0.25) is 4.79 Å². The van der Waals surface area contributed by atoms with Gasteiger partial charge in [0.2, 0.25) is 5.91 Å². The lowest BCUT2D eigenvalue weighted by Crippen LogP contribution is -2.17. The molecule has 8 nitrogen and oxygen atoms in total. The number of esters is 1. The minimum Gasteiger partial charge on any atom is -0.493 e. The van der Waals surface area contributed by atoms with Crippen molar-refractivity contribution in [3.05, 3.63) is 57.6 Å². The third kappa shape index (κ3) is 5.14. The van der Waals surface area contributed by atoms with E-state index in [1.807, 2.05) is 17.5 Å². The molecule has 0 radical (unpaired) electrons. The summed E-state index contributed by atoms with van der Waals surface area (Å²) in [6.07, 6.45) is 0.193. The van der Waals surface area contributed by atoms with E-state index >= 15 is 0 Å². The summed E-state index contributed by atoms with van der Waals surface area (Å²) in [5.41, 5.74) is 0.896. The molecule has 2 heterocycles. The van der Waals surface area contributed by atoms with E-state index in [0.29, 0.717) is 23.0 Å². The van der Waals surface area contributed by atoms with Crippen LogP contribution in [0.2, 0.25) is 0 Å². The molecule has 152 valence electrons. The molecule has 0 spiro atoms. The molecule has 1 aromatic carbocycles. The van der Waals surface area contributed by atoms with Gasteiger partial charge in [-0.25, -0.2) is 4.79 Å². The topological polar surface area (TPSA) is 99.9 Å². The number of nitrogens with zero attached hydrogens (tertiary/aromatic N) is 1. The van der Waals surface area contributed by atoms with Crippen LogP contribution in [0.25, 0.3) is 0 Å². The molecule has 0 saturated heterocycles. The molecule has 0 aliphatic heterocycles. The molecule has 3 aromatic rings. The van der Waals surface area contributed by atoms with Crippen molar-refractivity contribution in [1.29, 1.82) is 0 Å². The molecule has 0 fully saturated rings. The molecule has 9 heteroatoms. The zero-order valence-corrected chi connectivity index (χ0v) is 17.0. The molecular formula is C20H20N2O6S. The number of benzene rings is 1. The van der Waals surface area contributed by atoms with Gasteiger partial charge in [0.1, 0.15) is 18.1 Å². The number of amides is 1. The predicted molar refractivity (Wildman–Crippen MR) is 107 cm³/mol. The molecule has 0 saturated carbocycles.